The van der Waals surface area contributed by atoms with Crippen LogP contribution in [0.15, 0.2) is 109 Å². The van der Waals surface area contributed by atoms with Gasteiger partial charge in [0.25, 0.3) is 0 Å². The van der Waals surface area contributed by atoms with E-state index in [0.29, 0.717) is 0 Å². The van der Waals surface area contributed by atoms with Crippen LogP contribution < -0.4 is 0 Å². The Bertz CT molecular complexity index is 802. The molecule has 3 aromatic rings. The third-order valence-corrected chi connectivity index (χ3v) is 4.94. The summed E-state index contributed by atoms with van der Waals surface area (Å²) in [5, 5.41) is 0. The van der Waals surface area contributed by atoms with Gasteiger partial charge in [0, 0.05) is 9.80 Å². The van der Waals surface area contributed by atoms with Crippen LogP contribution in [-0.2, 0) is 0 Å². The van der Waals surface area contributed by atoms with Gasteiger partial charge in [0.05, 0.1) is 0 Å². The highest BCUT2D eigenvalue weighted by Gasteiger charge is 2.12. The van der Waals surface area contributed by atoms with Crippen molar-refractivity contribution in [3.8, 4) is 0 Å². The first-order valence-electron chi connectivity index (χ1n) is 8.06. The smallest absolute Gasteiger partial charge is 0.0235 e. The van der Waals surface area contributed by atoms with Crippen molar-refractivity contribution in [1.82, 2.24) is 0 Å². The fourth-order valence-corrected chi connectivity index (χ4v) is 3.72. The summed E-state index contributed by atoms with van der Waals surface area (Å²) in [5.74, 6) is 0. The standard InChI is InChI=1S/C23H20S/c1-2-12-22(19-13-6-3-7-14-19)23(20-15-8-4-9-16-20)24-21-17-10-5-11-18-21/h2-11,13-18H,1,12H2/b23-22+. The highest BCUT2D eigenvalue weighted by molar-refractivity contribution is 8.08. The zero-order valence-corrected chi connectivity index (χ0v) is 14.4. The van der Waals surface area contributed by atoms with Crippen molar-refractivity contribution in [1.29, 1.82) is 0 Å². The molecule has 3 aromatic carbocycles. The van der Waals surface area contributed by atoms with Gasteiger partial charge in [-0.2, -0.15) is 0 Å². The predicted molar refractivity (Wildman–Crippen MR) is 107 cm³/mol. The fraction of sp³-hybridized carbons (Fsp3) is 0.0435. The van der Waals surface area contributed by atoms with E-state index >= 15 is 0 Å². The van der Waals surface area contributed by atoms with Gasteiger partial charge in [-0.1, -0.05) is 96.7 Å². The first kappa shape index (κ1) is 16.4. The molecular weight excluding hydrogens is 308 g/mol. The van der Waals surface area contributed by atoms with E-state index < -0.39 is 0 Å². The molecule has 0 bridgehead atoms. The molecule has 0 N–H and O–H groups in total. The molecule has 0 aliphatic carbocycles. The lowest BCUT2D eigenvalue weighted by Gasteiger charge is -2.15. The van der Waals surface area contributed by atoms with Gasteiger partial charge in [0.15, 0.2) is 0 Å². The summed E-state index contributed by atoms with van der Waals surface area (Å²) < 4.78 is 0. The first-order valence-corrected chi connectivity index (χ1v) is 8.88. The number of rotatable bonds is 6. The van der Waals surface area contributed by atoms with Gasteiger partial charge in [0.2, 0.25) is 0 Å². The topological polar surface area (TPSA) is 0 Å². The van der Waals surface area contributed by atoms with E-state index in [-0.39, 0.29) is 0 Å². The first-order chi connectivity index (χ1) is 11.9. The van der Waals surface area contributed by atoms with Gasteiger partial charge < -0.3 is 0 Å². The molecule has 118 valence electrons. The van der Waals surface area contributed by atoms with Crippen molar-refractivity contribution in [2.45, 2.75) is 11.3 Å². The maximum Gasteiger partial charge on any atom is 0.0235 e. The Balaban J connectivity index is 2.15. The van der Waals surface area contributed by atoms with E-state index in [1.54, 1.807) is 0 Å². The highest BCUT2D eigenvalue weighted by atomic mass is 32.2. The lowest BCUT2D eigenvalue weighted by atomic mass is 9.99. The summed E-state index contributed by atoms with van der Waals surface area (Å²) in [6.07, 6.45) is 2.82. The van der Waals surface area contributed by atoms with Crippen molar-refractivity contribution in [3.63, 3.8) is 0 Å². The lowest BCUT2D eigenvalue weighted by Crippen LogP contribution is -1.90. The molecule has 3 rings (SSSR count). The number of thioether (sulfide) groups is 1. The van der Waals surface area contributed by atoms with Crippen LogP contribution >= 0.6 is 11.8 Å². The van der Waals surface area contributed by atoms with Crippen LogP contribution in [0.1, 0.15) is 17.5 Å². The number of allylic oxidation sites excluding steroid dienone is 2. The molecule has 0 radical (unpaired) electrons. The molecule has 24 heavy (non-hydrogen) atoms. The maximum atomic E-state index is 3.97. The van der Waals surface area contributed by atoms with Crippen LogP contribution in [0.4, 0.5) is 0 Å². The average Bonchev–Trinajstić information content (AvgIpc) is 2.67. The van der Waals surface area contributed by atoms with E-state index in [0.717, 1.165) is 6.42 Å². The van der Waals surface area contributed by atoms with Crippen molar-refractivity contribution < 1.29 is 0 Å². The molecule has 0 amide bonds. The Morgan fingerprint density at radius 1 is 0.708 bits per heavy atom. The largest absolute Gasteiger partial charge is 0.103 e. The quantitative estimate of drug-likeness (QED) is 0.269. The van der Waals surface area contributed by atoms with Gasteiger partial charge in [-0.3, -0.25) is 0 Å². The predicted octanol–water partition coefficient (Wildman–Crippen LogP) is 6.92. The summed E-state index contributed by atoms with van der Waals surface area (Å²) >= 11 is 1.82. The van der Waals surface area contributed by atoms with E-state index in [4.69, 9.17) is 0 Å². The van der Waals surface area contributed by atoms with Gasteiger partial charge >= 0.3 is 0 Å². The van der Waals surface area contributed by atoms with Crippen LogP contribution in [0.5, 0.6) is 0 Å². The average molecular weight is 328 g/mol. The SMILES string of the molecule is C=CC/C(=C(\Sc1ccccc1)c1ccccc1)c1ccccc1. The Hall–Kier alpha value is -2.51. The minimum atomic E-state index is 0.841. The minimum absolute atomic E-state index is 0.841. The van der Waals surface area contributed by atoms with Crippen LogP contribution in [0.3, 0.4) is 0 Å². The highest BCUT2D eigenvalue weighted by Crippen LogP contribution is 2.41. The van der Waals surface area contributed by atoms with E-state index in [1.807, 2.05) is 17.8 Å². The molecule has 0 saturated heterocycles. The van der Waals surface area contributed by atoms with Crippen molar-refractivity contribution in [2.24, 2.45) is 0 Å². The van der Waals surface area contributed by atoms with Gasteiger partial charge in [-0.15, -0.1) is 6.58 Å². The van der Waals surface area contributed by atoms with Crippen molar-refractivity contribution in [3.05, 3.63) is 115 Å². The molecule has 0 aliphatic heterocycles. The minimum Gasteiger partial charge on any atom is -0.103 e. The maximum absolute atomic E-state index is 3.97. The second kappa shape index (κ2) is 8.37. The summed E-state index contributed by atoms with van der Waals surface area (Å²) in [4.78, 5) is 2.53. The van der Waals surface area contributed by atoms with Crippen LogP contribution in [0.2, 0.25) is 0 Å². The Morgan fingerprint density at radius 2 is 1.21 bits per heavy atom. The van der Waals surface area contributed by atoms with Crippen LogP contribution in [0.25, 0.3) is 10.5 Å². The molecule has 0 nitrogen and oxygen atoms in total. The number of benzene rings is 3. The summed E-state index contributed by atoms with van der Waals surface area (Å²) in [6.45, 7) is 3.97. The summed E-state index contributed by atoms with van der Waals surface area (Å²) in [7, 11) is 0. The molecule has 0 atom stereocenters. The zero-order chi connectivity index (χ0) is 16.6. The van der Waals surface area contributed by atoms with Crippen molar-refractivity contribution >= 4 is 22.2 Å². The van der Waals surface area contributed by atoms with E-state index in [1.165, 1.54) is 26.5 Å². The summed E-state index contributed by atoms with van der Waals surface area (Å²) in [6, 6.07) is 31.7. The van der Waals surface area contributed by atoms with Gasteiger partial charge in [-0.25, -0.2) is 0 Å². The molecule has 0 spiro atoms. The van der Waals surface area contributed by atoms with Crippen molar-refractivity contribution in [2.75, 3.05) is 0 Å². The zero-order valence-electron chi connectivity index (χ0n) is 13.6. The molecule has 1 heteroatoms. The van der Waals surface area contributed by atoms with Gasteiger partial charge in [-0.05, 0) is 35.3 Å². The summed E-state index contributed by atoms with van der Waals surface area (Å²) in [5.41, 5.74) is 3.80. The molecule has 0 aliphatic rings. The number of hydrogen-bond acceptors (Lipinski definition) is 1. The Morgan fingerprint density at radius 3 is 1.75 bits per heavy atom. The second-order valence-electron chi connectivity index (χ2n) is 5.45. The van der Waals surface area contributed by atoms with E-state index in [2.05, 4.69) is 97.6 Å². The Labute approximate surface area is 148 Å². The van der Waals surface area contributed by atoms with Crippen LogP contribution in [0, 0.1) is 0 Å². The number of hydrogen-bond donors (Lipinski definition) is 0. The fourth-order valence-electron chi connectivity index (χ4n) is 2.62. The molecule has 0 unspecified atom stereocenters. The normalized spacial score (nSPS) is 11.7. The third-order valence-electron chi connectivity index (χ3n) is 3.74. The monoisotopic (exact) mass is 328 g/mol. The third kappa shape index (κ3) is 4.06. The second-order valence-corrected chi connectivity index (χ2v) is 6.53. The molecule has 0 saturated carbocycles. The lowest BCUT2D eigenvalue weighted by molar-refractivity contribution is 1.40. The van der Waals surface area contributed by atoms with Crippen LogP contribution in [-0.4, -0.2) is 0 Å². The molecule has 0 heterocycles. The Kier molecular flexibility index (Phi) is 5.70. The van der Waals surface area contributed by atoms with E-state index in [9.17, 15) is 0 Å². The molecular formula is C23H20S. The molecule has 0 aromatic heterocycles. The van der Waals surface area contributed by atoms with Gasteiger partial charge in [0.1, 0.15) is 0 Å². The molecule has 0 fully saturated rings.